The number of aromatic amines is 1. The molecule has 0 spiro atoms. The van der Waals surface area contributed by atoms with Gasteiger partial charge >= 0.3 is 0 Å². The Morgan fingerprint density at radius 1 is 1.25 bits per heavy atom. The summed E-state index contributed by atoms with van der Waals surface area (Å²) in [6, 6.07) is 8.60. The third-order valence-corrected chi connectivity index (χ3v) is 3.08. The molecule has 1 amide bonds. The van der Waals surface area contributed by atoms with Crippen molar-refractivity contribution in [3.8, 4) is 0 Å². The lowest BCUT2D eigenvalue weighted by atomic mass is 9.98. The number of hydrogen-bond acceptors (Lipinski definition) is 3. The van der Waals surface area contributed by atoms with Crippen molar-refractivity contribution < 1.29 is 4.79 Å². The van der Waals surface area contributed by atoms with Gasteiger partial charge in [0.2, 0.25) is 0 Å². The number of anilines is 1. The van der Waals surface area contributed by atoms with Gasteiger partial charge in [-0.1, -0.05) is 32.0 Å². The van der Waals surface area contributed by atoms with Crippen LogP contribution in [0, 0.1) is 6.92 Å². The van der Waals surface area contributed by atoms with Crippen LogP contribution in [-0.2, 0) is 0 Å². The first-order valence-electron chi connectivity index (χ1n) is 6.45. The van der Waals surface area contributed by atoms with E-state index in [0.717, 1.165) is 16.8 Å². The van der Waals surface area contributed by atoms with E-state index >= 15 is 0 Å². The maximum Gasteiger partial charge on any atom is 0.276 e. The SMILES string of the molecule is Cc1cccc(C(C)C)c1NC(=O)c1ccc(=O)[nH]n1. The molecular weight excluding hydrogens is 254 g/mol. The number of aromatic nitrogens is 2. The van der Waals surface area contributed by atoms with Gasteiger partial charge in [-0.15, -0.1) is 0 Å². The Labute approximate surface area is 117 Å². The van der Waals surface area contributed by atoms with Crippen LogP contribution in [-0.4, -0.2) is 16.1 Å². The van der Waals surface area contributed by atoms with E-state index in [1.807, 2.05) is 25.1 Å². The Balaban J connectivity index is 2.32. The number of hydrogen-bond donors (Lipinski definition) is 2. The van der Waals surface area contributed by atoms with E-state index in [1.165, 1.54) is 12.1 Å². The van der Waals surface area contributed by atoms with Gasteiger partial charge in [-0.25, -0.2) is 5.10 Å². The molecule has 0 aliphatic carbocycles. The number of rotatable bonds is 3. The van der Waals surface area contributed by atoms with Crippen molar-refractivity contribution in [2.75, 3.05) is 5.32 Å². The molecule has 5 heteroatoms. The molecule has 2 rings (SSSR count). The number of amides is 1. The summed E-state index contributed by atoms with van der Waals surface area (Å²) in [6.45, 7) is 6.09. The maximum absolute atomic E-state index is 12.2. The molecule has 1 heterocycles. The van der Waals surface area contributed by atoms with Crippen molar-refractivity contribution in [2.24, 2.45) is 0 Å². The molecule has 1 aromatic carbocycles. The number of carbonyl (C=O) groups excluding carboxylic acids is 1. The zero-order chi connectivity index (χ0) is 14.7. The molecule has 1 aromatic heterocycles. The van der Waals surface area contributed by atoms with Crippen molar-refractivity contribution in [3.05, 3.63) is 57.5 Å². The minimum atomic E-state index is -0.336. The normalized spacial score (nSPS) is 10.6. The summed E-state index contributed by atoms with van der Waals surface area (Å²) in [6.07, 6.45) is 0. The number of H-pyrrole nitrogens is 1. The quantitative estimate of drug-likeness (QED) is 0.900. The number of nitrogens with one attached hydrogen (secondary N) is 2. The molecule has 104 valence electrons. The Hall–Kier alpha value is -2.43. The van der Waals surface area contributed by atoms with Crippen LogP contribution in [0.15, 0.2) is 35.1 Å². The molecule has 0 aliphatic rings. The second kappa shape index (κ2) is 5.69. The zero-order valence-corrected chi connectivity index (χ0v) is 11.7. The maximum atomic E-state index is 12.2. The lowest BCUT2D eigenvalue weighted by Gasteiger charge is -2.16. The van der Waals surface area contributed by atoms with Gasteiger partial charge in [-0.2, -0.15) is 5.10 Å². The van der Waals surface area contributed by atoms with Crippen molar-refractivity contribution >= 4 is 11.6 Å². The van der Waals surface area contributed by atoms with E-state index in [9.17, 15) is 9.59 Å². The van der Waals surface area contributed by atoms with Gasteiger partial charge in [0.25, 0.3) is 11.5 Å². The molecule has 0 aliphatic heterocycles. The van der Waals surface area contributed by atoms with Gasteiger partial charge in [0, 0.05) is 11.8 Å². The lowest BCUT2D eigenvalue weighted by molar-refractivity contribution is 0.102. The minimum absolute atomic E-state index is 0.183. The van der Waals surface area contributed by atoms with Crippen molar-refractivity contribution in [1.82, 2.24) is 10.2 Å². The molecule has 2 aromatic rings. The summed E-state index contributed by atoms with van der Waals surface area (Å²) in [7, 11) is 0. The standard InChI is InChI=1S/C15H17N3O2/c1-9(2)11-6-4-5-10(3)14(11)16-15(20)12-7-8-13(19)18-17-12/h4-9H,1-3H3,(H,16,20)(H,18,19). The van der Waals surface area contributed by atoms with Gasteiger partial charge in [-0.05, 0) is 30.0 Å². The molecule has 0 radical (unpaired) electrons. The van der Waals surface area contributed by atoms with E-state index in [4.69, 9.17) is 0 Å². The molecule has 0 atom stereocenters. The lowest BCUT2D eigenvalue weighted by Crippen LogP contribution is -2.19. The summed E-state index contributed by atoms with van der Waals surface area (Å²) < 4.78 is 0. The molecule has 0 saturated carbocycles. The summed E-state index contributed by atoms with van der Waals surface area (Å²) in [5.74, 6) is -0.0359. The predicted octanol–water partition coefficient (Wildman–Crippen LogP) is 2.45. The highest BCUT2D eigenvalue weighted by Gasteiger charge is 2.14. The Bertz CT molecular complexity index is 669. The first kappa shape index (κ1) is 14.0. The van der Waals surface area contributed by atoms with Crippen LogP contribution >= 0.6 is 0 Å². The van der Waals surface area contributed by atoms with Crippen molar-refractivity contribution in [1.29, 1.82) is 0 Å². The summed E-state index contributed by atoms with van der Waals surface area (Å²) in [5, 5.41) is 8.85. The van der Waals surface area contributed by atoms with E-state index in [0.29, 0.717) is 5.92 Å². The first-order valence-corrected chi connectivity index (χ1v) is 6.45. The smallest absolute Gasteiger partial charge is 0.276 e. The van der Waals surface area contributed by atoms with E-state index in [1.54, 1.807) is 0 Å². The number of aryl methyl sites for hydroxylation is 1. The number of para-hydroxylation sites is 1. The van der Waals surface area contributed by atoms with Crippen LogP contribution in [0.5, 0.6) is 0 Å². The largest absolute Gasteiger partial charge is 0.320 e. The molecule has 0 unspecified atom stereocenters. The molecule has 2 N–H and O–H groups in total. The van der Waals surface area contributed by atoms with Crippen LogP contribution in [0.2, 0.25) is 0 Å². The van der Waals surface area contributed by atoms with E-state index in [-0.39, 0.29) is 17.2 Å². The van der Waals surface area contributed by atoms with Crippen LogP contribution in [0.4, 0.5) is 5.69 Å². The van der Waals surface area contributed by atoms with Crippen molar-refractivity contribution in [3.63, 3.8) is 0 Å². The van der Waals surface area contributed by atoms with Gasteiger partial charge < -0.3 is 5.32 Å². The highest BCUT2D eigenvalue weighted by atomic mass is 16.2. The second-order valence-corrected chi connectivity index (χ2v) is 4.95. The zero-order valence-electron chi connectivity index (χ0n) is 11.7. The monoisotopic (exact) mass is 271 g/mol. The van der Waals surface area contributed by atoms with Crippen LogP contribution in [0.3, 0.4) is 0 Å². The average molecular weight is 271 g/mol. The van der Waals surface area contributed by atoms with Gasteiger partial charge in [-0.3, -0.25) is 9.59 Å². The van der Waals surface area contributed by atoms with E-state index < -0.39 is 0 Å². The summed E-state index contributed by atoms with van der Waals surface area (Å²) in [5.41, 5.74) is 2.72. The number of carbonyl (C=O) groups is 1. The molecular formula is C15H17N3O2. The number of nitrogens with zero attached hydrogens (tertiary/aromatic N) is 1. The Morgan fingerprint density at radius 2 is 2.00 bits per heavy atom. The third-order valence-electron chi connectivity index (χ3n) is 3.08. The topological polar surface area (TPSA) is 74.8 Å². The second-order valence-electron chi connectivity index (χ2n) is 4.95. The molecule has 0 saturated heterocycles. The van der Waals surface area contributed by atoms with Gasteiger partial charge in [0.15, 0.2) is 0 Å². The van der Waals surface area contributed by atoms with Gasteiger partial charge in [0.1, 0.15) is 5.69 Å². The molecule has 20 heavy (non-hydrogen) atoms. The summed E-state index contributed by atoms with van der Waals surface area (Å²) >= 11 is 0. The van der Waals surface area contributed by atoms with E-state index in [2.05, 4.69) is 29.4 Å². The van der Waals surface area contributed by atoms with Crippen LogP contribution in [0.1, 0.15) is 41.4 Å². The fourth-order valence-electron chi connectivity index (χ4n) is 1.99. The van der Waals surface area contributed by atoms with Gasteiger partial charge in [0.05, 0.1) is 0 Å². The average Bonchev–Trinajstić information content (AvgIpc) is 2.41. The molecule has 5 nitrogen and oxygen atoms in total. The highest BCUT2D eigenvalue weighted by Crippen LogP contribution is 2.27. The number of benzene rings is 1. The molecule has 0 bridgehead atoms. The predicted molar refractivity (Wildman–Crippen MR) is 78.1 cm³/mol. The van der Waals surface area contributed by atoms with Crippen molar-refractivity contribution in [2.45, 2.75) is 26.7 Å². The fourth-order valence-corrected chi connectivity index (χ4v) is 1.99. The minimum Gasteiger partial charge on any atom is -0.320 e. The van der Waals surface area contributed by atoms with Crippen LogP contribution < -0.4 is 10.9 Å². The van der Waals surface area contributed by atoms with Crippen LogP contribution in [0.25, 0.3) is 0 Å². The Kier molecular flexibility index (Phi) is 3.98. The third kappa shape index (κ3) is 2.93. The summed E-state index contributed by atoms with van der Waals surface area (Å²) in [4.78, 5) is 23.1. The highest BCUT2D eigenvalue weighted by molar-refractivity contribution is 6.03. The molecule has 0 fully saturated rings. The first-order chi connectivity index (χ1) is 9.49. The fraction of sp³-hybridized carbons (Fsp3) is 0.267. The Morgan fingerprint density at radius 3 is 2.60 bits per heavy atom.